The minimum absolute atomic E-state index is 0.558. The van der Waals surface area contributed by atoms with Gasteiger partial charge in [0.25, 0.3) is 0 Å². The Labute approximate surface area is 160 Å². The lowest BCUT2D eigenvalue weighted by atomic mass is 9.71. The third-order valence-corrected chi connectivity index (χ3v) is 5.86. The number of nitrogens with zero attached hydrogens (tertiary/aromatic N) is 2. The van der Waals surface area contributed by atoms with Gasteiger partial charge in [-0.15, -0.1) is 0 Å². The Morgan fingerprint density at radius 1 is 1.31 bits per heavy atom. The number of fused-ring (bicyclic) bond motifs is 5. The number of benzene rings is 1. The van der Waals surface area contributed by atoms with E-state index in [1.54, 1.807) is 0 Å². The summed E-state index contributed by atoms with van der Waals surface area (Å²) >= 11 is 6.23. The average Bonchev–Trinajstić information content (AvgIpc) is 2.60. The molecule has 0 fully saturated rings. The lowest BCUT2D eigenvalue weighted by Crippen LogP contribution is -2.24. The number of unbranched alkanes of at least 4 members (excludes halogenated alkanes) is 2. The molecule has 3 nitrogen and oxygen atoms in total. The average molecular weight is 366 g/mol. The number of halogens is 1. The first-order valence-corrected chi connectivity index (χ1v) is 9.93. The number of nitriles is 1. The van der Waals surface area contributed by atoms with Gasteiger partial charge in [-0.1, -0.05) is 23.3 Å². The molecule has 1 aromatic carbocycles. The van der Waals surface area contributed by atoms with Crippen LogP contribution in [0.25, 0.3) is 10.9 Å². The summed E-state index contributed by atoms with van der Waals surface area (Å²) < 4.78 is 0. The van der Waals surface area contributed by atoms with Gasteiger partial charge in [0.15, 0.2) is 0 Å². The summed E-state index contributed by atoms with van der Waals surface area (Å²) in [6, 6.07) is 8.25. The van der Waals surface area contributed by atoms with Crippen LogP contribution in [0.2, 0.25) is 5.02 Å². The van der Waals surface area contributed by atoms with E-state index >= 15 is 0 Å². The van der Waals surface area contributed by atoms with Crippen molar-refractivity contribution in [3.05, 3.63) is 46.1 Å². The second kappa shape index (κ2) is 7.29. The van der Waals surface area contributed by atoms with Crippen molar-refractivity contribution < 1.29 is 0 Å². The highest BCUT2D eigenvalue weighted by molar-refractivity contribution is 6.31. The molecule has 4 rings (SSSR count). The largest absolute Gasteiger partial charge is 0.384 e. The number of aromatic nitrogens is 1. The zero-order valence-corrected chi connectivity index (χ0v) is 15.9. The maximum atomic E-state index is 8.73. The van der Waals surface area contributed by atoms with Crippen molar-refractivity contribution in [2.24, 2.45) is 5.92 Å². The molecule has 2 bridgehead atoms. The highest BCUT2D eigenvalue weighted by Gasteiger charge is 2.33. The molecule has 0 amide bonds. The van der Waals surface area contributed by atoms with E-state index in [2.05, 4.69) is 30.5 Å². The fourth-order valence-corrected chi connectivity index (χ4v) is 4.78. The molecular formula is C22H24ClN3. The summed E-state index contributed by atoms with van der Waals surface area (Å²) in [5.41, 5.74) is 6.40. The molecule has 0 aliphatic heterocycles. The van der Waals surface area contributed by atoms with Gasteiger partial charge in [0.1, 0.15) is 0 Å². The first-order valence-electron chi connectivity index (χ1n) is 9.56. The fraction of sp³-hybridized carbons (Fsp3) is 0.455. The molecular weight excluding hydrogens is 342 g/mol. The van der Waals surface area contributed by atoms with E-state index in [0.29, 0.717) is 18.3 Å². The molecule has 2 aliphatic carbocycles. The van der Waals surface area contributed by atoms with Gasteiger partial charge in [0, 0.05) is 40.3 Å². The van der Waals surface area contributed by atoms with Crippen LogP contribution in [-0.4, -0.2) is 11.5 Å². The molecule has 1 N–H and O–H groups in total. The summed E-state index contributed by atoms with van der Waals surface area (Å²) in [5.74, 6) is 1.18. The smallest absolute Gasteiger partial charge is 0.0741 e. The zero-order chi connectivity index (χ0) is 18.1. The van der Waals surface area contributed by atoms with Crippen LogP contribution < -0.4 is 5.32 Å². The molecule has 1 aromatic heterocycles. The van der Waals surface area contributed by atoms with Gasteiger partial charge >= 0.3 is 0 Å². The lowest BCUT2D eigenvalue weighted by Gasteiger charge is -2.36. The normalized spacial score (nSPS) is 21.0. The summed E-state index contributed by atoms with van der Waals surface area (Å²) in [7, 11) is 0. The van der Waals surface area contributed by atoms with Gasteiger partial charge in [-0.25, -0.2) is 0 Å². The van der Waals surface area contributed by atoms with E-state index < -0.39 is 0 Å². The number of nitrogens with one attached hydrogen (secondary N) is 1. The monoisotopic (exact) mass is 365 g/mol. The molecule has 1 heterocycles. The van der Waals surface area contributed by atoms with Crippen molar-refractivity contribution in [1.82, 2.24) is 4.98 Å². The van der Waals surface area contributed by atoms with Crippen LogP contribution in [0.4, 0.5) is 5.69 Å². The second-order valence-electron chi connectivity index (χ2n) is 7.66. The minimum Gasteiger partial charge on any atom is -0.384 e. The molecule has 0 saturated heterocycles. The van der Waals surface area contributed by atoms with Crippen LogP contribution in [0.15, 0.2) is 29.8 Å². The van der Waals surface area contributed by atoms with E-state index in [0.717, 1.165) is 42.8 Å². The van der Waals surface area contributed by atoms with Crippen LogP contribution in [0.3, 0.4) is 0 Å². The summed E-state index contributed by atoms with van der Waals surface area (Å²) in [6.45, 7) is 3.15. The van der Waals surface area contributed by atoms with Crippen LogP contribution in [-0.2, 0) is 6.42 Å². The summed E-state index contributed by atoms with van der Waals surface area (Å²) in [5, 5.41) is 14.3. The molecule has 2 aliphatic rings. The van der Waals surface area contributed by atoms with Crippen molar-refractivity contribution in [2.45, 2.75) is 51.4 Å². The van der Waals surface area contributed by atoms with Crippen LogP contribution in [0.5, 0.6) is 0 Å². The zero-order valence-electron chi connectivity index (χ0n) is 15.2. The first kappa shape index (κ1) is 17.4. The lowest BCUT2D eigenvalue weighted by molar-refractivity contribution is 0.433. The Bertz CT molecular complexity index is 910. The molecule has 2 aromatic rings. The first-order chi connectivity index (χ1) is 12.7. The number of pyridine rings is 1. The van der Waals surface area contributed by atoms with Crippen LogP contribution >= 0.6 is 11.6 Å². The van der Waals surface area contributed by atoms with Crippen molar-refractivity contribution >= 4 is 28.2 Å². The van der Waals surface area contributed by atoms with Crippen LogP contribution in [0, 0.1) is 17.2 Å². The van der Waals surface area contributed by atoms with E-state index in [1.807, 2.05) is 12.1 Å². The van der Waals surface area contributed by atoms with Gasteiger partial charge in [0.05, 0.1) is 11.6 Å². The Morgan fingerprint density at radius 2 is 2.19 bits per heavy atom. The molecule has 2 atom stereocenters. The number of rotatable bonds is 5. The molecule has 4 heteroatoms. The molecule has 134 valence electrons. The summed E-state index contributed by atoms with van der Waals surface area (Å²) in [6.07, 6.45) is 8.40. The molecule has 0 spiro atoms. The minimum atomic E-state index is 0.558. The standard InChI is InChI=1S/C22H24ClN3/c1-14-9-15-11-16(10-14)21-20(12-15)26-19-13-17(23)5-6-18(19)22(21)25-8-4-2-3-7-24/h5-6,9,13,15-16H,2-4,8,10-12H2,1H3,(H,25,26)/t15-,16+/m0/s1. The van der Waals surface area contributed by atoms with Crippen molar-refractivity contribution in [3.63, 3.8) is 0 Å². The molecule has 0 unspecified atom stereocenters. The highest BCUT2D eigenvalue weighted by atomic mass is 35.5. The van der Waals surface area contributed by atoms with Crippen LogP contribution in [0.1, 0.15) is 56.2 Å². The third-order valence-electron chi connectivity index (χ3n) is 5.62. The van der Waals surface area contributed by atoms with Gasteiger partial charge in [-0.3, -0.25) is 4.98 Å². The second-order valence-corrected chi connectivity index (χ2v) is 8.10. The van der Waals surface area contributed by atoms with E-state index in [-0.39, 0.29) is 0 Å². The maximum absolute atomic E-state index is 8.73. The van der Waals surface area contributed by atoms with Gasteiger partial charge in [0.2, 0.25) is 0 Å². The molecule has 0 radical (unpaired) electrons. The molecule has 0 saturated carbocycles. The van der Waals surface area contributed by atoms with E-state index in [4.69, 9.17) is 21.8 Å². The number of hydrogen-bond donors (Lipinski definition) is 1. The number of anilines is 1. The quantitative estimate of drug-likeness (QED) is 0.523. The topological polar surface area (TPSA) is 48.7 Å². The van der Waals surface area contributed by atoms with E-state index in [1.165, 1.54) is 34.3 Å². The Morgan fingerprint density at radius 3 is 3.04 bits per heavy atom. The highest BCUT2D eigenvalue weighted by Crippen LogP contribution is 2.47. The third kappa shape index (κ3) is 3.31. The van der Waals surface area contributed by atoms with Gasteiger partial charge in [-0.2, -0.15) is 5.26 Å². The predicted octanol–water partition coefficient (Wildman–Crippen LogP) is 5.99. The van der Waals surface area contributed by atoms with Crippen molar-refractivity contribution in [1.29, 1.82) is 5.26 Å². The summed E-state index contributed by atoms with van der Waals surface area (Å²) in [4.78, 5) is 5.01. The number of hydrogen-bond acceptors (Lipinski definition) is 3. The van der Waals surface area contributed by atoms with Gasteiger partial charge in [-0.05, 0) is 69.1 Å². The molecule has 26 heavy (non-hydrogen) atoms. The fourth-order valence-electron chi connectivity index (χ4n) is 4.62. The SMILES string of the molecule is CC1=C[C@@H]2Cc3nc4cc(Cl)ccc4c(NCCCCC#N)c3[C@H](C1)C2. The number of allylic oxidation sites excluding steroid dienone is 2. The Hall–Kier alpha value is -2.05. The van der Waals surface area contributed by atoms with Crippen molar-refractivity contribution in [3.8, 4) is 6.07 Å². The Kier molecular flexibility index (Phi) is 4.87. The van der Waals surface area contributed by atoms with Gasteiger partial charge < -0.3 is 5.32 Å². The Balaban J connectivity index is 1.75. The predicted molar refractivity (Wildman–Crippen MR) is 108 cm³/mol. The van der Waals surface area contributed by atoms with Crippen molar-refractivity contribution in [2.75, 3.05) is 11.9 Å². The van der Waals surface area contributed by atoms with E-state index in [9.17, 15) is 0 Å². The maximum Gasteiger partial charge on any atom is 0.0741 e.